The Labute approximate surface area is 108 Å². The molecule has 19 heavy (non-hydrogen) atoms. The number of aromatic nitrogens is 3. The molecule has 1 heterocycles. The molecule has 0 saturated heterocycles. The number of halogens is 1. The van der Waals surface area contributed by atoms with Gasteiger partial charge in [-0.3, -0.25) is 9.59 Å². The van der Waals surface area contributed by atoms with Crippen LogP contribution in [0.2, 0.25) is 0 Å². The Kier molecular flexibility index (Phi) is 3.65. The quantitative estimate of drug-likeness (QED) is 0.841. The average molecular weight is 262 g/mol. The number of carbonyl (C=O) groups is 2. The monoisotopic (exact) mass is 262 g/mol. The van der Waals surface area contributed by atoms with Crippen molar-refractivity contribution in [3.63, 3.8) is 0 Å². The highest BCUT2D eigenvalue weighted by Gasteiger charge is 2.13. The van der Waals surface area contributed by atoms with Gasteiger partial charge in [-0.1, -0.05) is 0 Å². The highest BCUT2D eigenvalue weighted by atomic mass is 19.1. The molecule has 1 amide bonds. The summed E-state index contributed by atoms with van der Waals surface area (Å²) in [4.78, 5) is 26.4. The van der Waals surface area contributed by atoms with E-state index in [9.17, 15) is 14.0 Å². The van der Waals surface area contributed by atoms with Crippen molar-refractivity contribution in [2.75, 3.05) is 5.32 Å². The highest BCUT2D eigenvalue weighted by molar-refractivity contribution is 5.97. The van der Waals surface area contributed by atoms with Gasteiger partial charge in [0.1, 0.15) is 25.0 Å². The summed E-state index contributed by atoms with van der Waals surface area (Å²) in [5.41, 5.74) is 0.256. The van der Waals surface area contributed by atoms with Crippen LogP contribution in [0.3, 0.4) is 0 Å². The van der Waals surface area contributed by atoms with Crippen LogP contribution in [0.25, 0.3) is 0 Å². The third-order valence-corrected chi connectivity index (χ3v) is 2.36. The van der Waals surface area contributed by atoms with Crippen LogP contribution < -0.4 is 5.32 Å². The minimum absolute atomic E-state index is 0.0513. The Hall–Kier alpha value is -2.57. The second-order valence-corrected chi connectivity index (χ2v) is 3.89. The van der Waals surface area contributed by atoms with E-state index in [0.29, 0.717) is 5.69 Å². The maximum Gasteiger partial charge on any atom is 0.221 e. The van der Waals surface area contributed by atoms with Crippen LogP contribution in [-0.2, 0) is 11.3 Å². The topological polar surface area (TPSA) is 76.9 Å². The van der Waals surface area contributed by atoms with E-state index in [1.165, 1.54) is 36.4 Å². The first-order valence-electron chi connectivity index (χ1n) is 5.49. The summed E-state index contributed by atoms with van der Waals surface area (Å²) >= 11 is 0. The largest absolute Gasteiger partial charge is 0.326 e. The number of amides is 1. The SMILES string of the molecule is CC(=O)Nc1ccc(C(=O)Cn2cncn2)c(F)c1. The zero-order valence-electron chi connectivity index (χ0n) is 10.1. The van der Waals surface area contributed by atoms with Gasteiger partial charge in [-0.15, -0.1) is 0 Å². The number of Topliss-reactive ketones (excluding diaryl/α,β-unsaturated/α-hetero) is 1. The van der Waals surface area contributed by atoms with E-state index in [1.54, 1.807) is 0 Å². The third kappa shape index (κ3) is 3.21. The molecular weight excluding hydrogens is 251 g/mol. The van der Waals surface area contributed by atoms with Gasteiger partial charge in [0, 0.05) is 12.6 Å². The standard InChI is InChI=1S/C12H11FN4O2/c1-8(18)16-9-2-3-10(11(13)4-9)12(19)5-17-7-14-6-15-17/h2-4,6-7H,5H2,1H3,(H,16,18). The second kappa shape index (κ2) is 5.38. The lowest BCUT2D eigenvalue weighted by atomic mass is 10.1. The van der Waals surface area contributed by atoms with E-state index in [0.717, 1.165) is 6.07 Å². The molecule has 0 radical (unpaired) electrons. The molecule has 7 heteroatoms. The van der Waals surface area contributed by atoms with E-state index in [1.807, 2.05) is 0 Å². The molecule has 6 nitrogen and oxygen atoms in total. The molecule has 2 aromatic rings. The molecule has 0 unspecified atom stereocenters. The molecule has 98 valence electrons. The minimum Gasteiger partial charge on any atom is -0.326 e. The zero-order chi connectivity index (χ0) is 13.8. The Bertz CT molecular complexity index is 610. The van der Waals surface area contributed by atoms with Crippen molar-refractivity contribution >= 4 is 17.4 Å². The predicted molar refractivity (Wildman–Crippen MR) is 65.1 cm³/mol. The van der Waals surface area contributed by atoms with E-state index in [4.69, 9.17) is 0 Å². The second-order valence-electron chi connectivity index (χ2n) is 3.89. The Morgan fingerprint density at radius 1 is 1.42 bits per heavy atom. The number of nitrogens with zero attached hydrogens (tertiary/aromatic N) is 3. The molecule has 0 aliphatic heterocycles. The van der Waals surface area contributed by atoms with Gasteiger partial charge in [0.2, 0.25) is 5.91 Å². The average Bonchev–Trinajstić information content (AvgIpc) is 2.80. The van der Waals surface area contributed by atoms with Crippen molar-refractivity contribution < 1.29 is 14.0 Å². The Balaban J connectivity index is 2.16. The third-order valence-electron chi connectivity index (χ3n) is 2.36. The first-order valence-corrected chi connectivity index (χ1v) is 5.49. The fourth-order valence-electron chi connectivity index (χ4n) is 1.57. The predicted octanol–water partition coefficient (Wildman–Crippen LogP) is 1.26. The number of carbonyl (C=O) groups excluding carboxylic acids is 2. The van der Waals surface area contributed by atoms with Crippen molar-refractivity contribution in [3.8, 4) is 0 Å². The zero-order valence-corrected chi connectivity index (χ0v) is 10.1. The molecule has 0 aliphatic rings. The lowest BCUT2D eigenvalue weighted by molar-refractivity contribution is -0.114. The Morgan fingerprint density at radius 2 is 2.21 bits per heavy atom. The van der Waals surface area contributed by atoms with E-state index >= 15 is 0 Å². The van der Waals surface area contributed by atoms with E-state index in [2.05, 4.69) is 15.4 Å². The lowest BCUT2D eigenvalue weighted by Crippen LogP contribution is -2.13. The lowest BCUT2D eigenvalue weighted by Gasteiger charge is -2.06. The summed E-state index contributed by atoms with van der Waals surface area (Å²) in [5.74, 6) is -1.41. The van der Waals surface area contributed by atoms with Crippen LogP contribution in [-0.4, -0.2) is 26.5 Å². The minimum atomic E-state index is -0.684. The smallest absolute Gasteiger partial charge is 0.221 e. The van der Waals surface area contributed by atoms with Crippen LogP contribution in [0.5, 0.6) is 0 Å². The summed E-state index contributed by atoms with van der Waals surface area (Å²) in [6, 6.07) is 3.91. The van der Waals surface area contributed by atoms with Gasteiger partial charge < -0.3 is 5.32 Å². The molecule has 0 saturated carbocycles. The maximum atomic E-state index is 13.8. The number of rotatable bonds is 4. The molecule has 0 fully saturated rings. The molecule has 1 aromatic carbocycles. The highest BCUT2D eigenvalue weighted by Crippen LogP contribution is 2.15. The Morgan fingerprint density at radius 3 is 2.79 bits per heavy atom. The van der Waals surface area contributed by atoms with Gasteiger partial charge in [-0.25, -0.2) is 14.1 Å². The molecule has 0 bridgehead atoms. The van der Waals surface area contributed by atoms with Gasteiger partial charge in [-0.05, 0) is 18.2 Å². The summed E-state index contributed by atoms with van der Waals surface area (Å²) < 4.78 is 15.1. The molecule has 0 aliphatic carbocycles. The number of hydrogen-bond acceptors (Lipinski definition) is 4. The van der Waals surface area contributed by atoms with E-state index in [-0.39, 0.29) is 18.0 Å². The fraction of sp³-hybridized carbons (Fsp3) is 0.167. The van der Waals surface area contributed by atoms with Crippen LogP contribution in [0.15, 0.2) is 30.9 Å². The van der Waals surface area contributed by atoms with E-state index < -0.39 is 11.6 Å². The maximum absolute atomic E-state index is 13.8. The summed E-state index contributed by atoms with van der Waals surface area (Å²) in [6.07, 6.45) is 2.67. The molecular formula is C12H11FN4O2. The van der Waals surface area contributed by atoms with Crippen molar-refractivity contribution in [1.29, 1.82) is 0 Å². The molecule has 0 atom stereocenters. The van der Waals surface area contributed by atoms with Crippen LogP contribution in [0.1, 0.15) is 17.3 Å². The van der Waals surface area contributed by atoms with Crippen molar-refractivity contribution in [2.45, 2.75) is 13.5 Å². The fourth-order valence-corrected chi connectivity index (χ4v) is 1.57. The van der Waals surface area contributed by atoms with Crippen LogP contribution in [0, 0.1) is 5.82 Å². The number of anilines is 1. The van der Waals surface area contributed by atoms with Crippen LogP contribution >= 0.6 is 0 Å². The number of hydrogen-bond donors (Lipinski definition) is 1. The molecule has 1 N–H and O–H groups in total. The summed E-state index contributed by atoms with van der Waals surface area (Å²) in [7, 11) is 0. The summed E-state index contributed by atoms with van der Waals surface area (Å²) in [5, 5.41) is 6.21. The molecule has 2 rings (SSSR count). The normalized spacial score (nSPS) is 10.2. The first kappa shape index (κ1) is 12.9. The molecule has 1 aromatic heterocycles. The number of nitrogens with one attached hydrogen (secondary N) is 1. The van der Waals surface area contributed by atoms with Crippen molar-refractivity contribution in [2.24, 2.45) is 0 Å². The van der Waals surface area contributed by atoms with Gasteiger partial charge in [0.25, 0.3) is 0 Å². The van der Waals surface area contributed by atoms with Gasteiger partial charge >= 0.3 is 0 Å². The molecule has 0 spiro atoms. The van der Waals surface area contributed by atoms with Crippen molar-refractivity contribution in [3.05, 3.63) is 42.2 Å². The van der Waals surface area contributed by atoms with Gasteiger partial charge in [-0.2, -0.15) is 5.10 Å². The first-order chi connectivity index (χ1) is 9.06. The van der Waals surface area contributed by atoms with Gasteiger partial charge in [0.15, 0.2) is 5.78 Å². The van der Waals surface area contributed by atoms with Crippen LogP contribution in [0.4, 0.5) is 10.1 Å². The number of ketones is 1. The van der Waals surface area contributed by atoms with Crippen molar-refractivity contribution in [1.82, 2.24) is 14.8 Å². The summed E-state index contributed by atoms with van der Waals surface area (Å²) in [6.45, 7) is 1.23. The van der Waals surface area contributed by atoms with Gasteiger partial charge in [0.05, 0.1) is 5.56 Å². The number of benzene rings is 1.